The van der Waals surface area contributed by atoms with E-state index in [1.807, 2.05) is 6.07 Å². The maximum atomic E-state index is 12.5. The molecule has 0 spiro atoms. The Balaban J connectivity index is 2.19. The molecule has 7 heteroatoms. The van der Waals surface area contributed by atoms with Gasteiger partial charge in [-0.05, 0) is 24.5 Å². The first kappa shape index (κ1) is 15.5. The van der Waals surface area contributed by atoms with E-state index in [-0.39, 0.29) is 24.8 Å². The van der Waals surface area contributed by atoms with E-state index >= 15 is 0 Å². The lowest BCUT2D eigenvalue weighted by Gasteiger charge is -2.21. The first-order valence-corrected chi connectivity index (χ1v) is 8.24. The molecule has 0 aliphatic heterocycles. The van der Waals surface area contributed by atoms with Crippen LogP contribution >= 0.6 is 0 Å². The monoisotopic (exact) mass is 308 g/mol. The van der Waals surface area contributed by atoms with Crippen molar-refractivity contribution in [2.75, 3.05) is 6.54 Å². The van der Waals surface area contributed by atoms with E-state index in [2.05, 4.69) is 0 Å². The van der Waals surface area contributed by atoms with Crippen LogP contribution in [0.4, 0.5) is 0 Å². The third-order valence-electron chi connectivity index (χ3n) is 3.33. The van der Waals surface area contributed by atoms with Gasteiger partial charge in [0.15, 0.2) is 0 Å². The van der Waals surface area contributed by atoms with Gasteiger partial charge >= 0.3 is 5.97 Å². The van der Waals surface area contributed by atoms with Crippen molar-refractivity contribution in [1.29, 1.82) is 5.26 Å². The Labute approximate surface area is 123 Å². The summed E-state index contributed by atoms with van der Waals surface area (Å²) in [6.07, 6.45) is 1.31. The largest absolute Gasteiger partial charge is 0.481 e. The van der Waals surface area contributed by atoms with E-state index in [1.165, 1.54) is 4.31 Å². The summed E-state index contributed by atoms with van der Waals surface area (Å²) in [4.78, 5) is 10.7. The molecule has 1 N–H and O–H groups in total. The third-order valence-corrected chi connectivity index (χ3v) is 5.20. The summed E-state index contributed by atoms with van der Waals surface area (Å²) >= 11 is 0. The lowest BCUT2D eigenvalue weighted by molar-refractivity contribution is -0.137. The van der Waals surface area contributed by atoms with Crippen LogP contribution in [-0.4, -0.2) is 36.4 Å². The average Bonchev–Trinajstić information content (AvgIpc) is 3.23. The highest BCUT2D eigenvalue weighted by molar-refractivity contribution is 7.88. The Morgan fingerprint density at radius 1 is 1.38 bits per heavy atom. The number of hydrogen-bond acceptors (Lipinski definition) is 4. The number of rotatable bonds is 7. The van der Waals surface area contributed by atoms with Gasteiger partial charge in [-0.1, -0.05) is 18.2 Å². The lowest BCUT2D eigenvalue weighted by Crippen LogP contribution is -2.36. The minimum atomic E-state index is -3.62. The molecule has 1 fully saturated rings. The van der Waals surface area contributed by atoms with E-state index in [9.17, 15) is 13.2 Å². The van der Waals surface area contributed by atoms with Crippen molar-refractivity contribution >= 4 is 16.0 Å². The highest BCUT2D eigenvalue weighted by Gasteiger charge is 2.37. The SMILES string of the molecule is N#Cc1ccccc1CS(=O)(=O)N(CCC(=O)O)C1CC1. The molecular weight excluding hydrogens is 292 g/mol. The average molecular weight is 308 g/mol. The van der Waals surface area contributed by atoms with Gasteiger partial charge in [-0.15, -0.1) is 0 Å². The molecule has 0 aromatic heterocycles. The smallest absolute Gasteiger partial charge is 0.304 e. The molecule has 2 rings (SSSR count). The zero-order valence-corrected chi connectivity index (χ0v) is 12.2. The maximum Gasteiger partial charge on any atom is 0.304 e. The second kappa shape index (κ2) is 6.24. The van der Waals surface area contributed by atoms with E-state index in [0.29, 0.717) is 11.1 Å². The summed E-state index contributed by atoms with van der Waals surface area (Å²) in [5.74, 6) is -1.29. The van der Waals surface area contributed by atoms with Gasteiger partial charge in [-0.25, -0.2) is 8.42 Å². The van der Waals surface area contributed by atoms with E-state index in [4.69, 9.17) is 10.4 Å². The molecule has 1 aliphatic rings. The summed E-state index contributed by atoms with van der Waals surface area (Å²) in [6, 6.07) is 8.43. The van der Waals surface area contributed by atoms with Gasteiger partial charge in [-0.2, -0.15) is 9.57 Å². The molecule has 1 aromatic rings. The molecule has 0 heterocycles. The predicted molar refractivity (Wildman–Crippen MR) is 75.8 cm³/mol. The van der Waals surface area contributed by atoms with E-state index in [1.54, 1.807) is 24.3 Å². The number of nitrogens with zero attached hydrogens (tertiary/aromatic N) is 2. The molecule has 0 unspecified atom stereocenters. The van der Waals surface area contributed by atoms with Gasteiger partial charge in [0.25, 0.3) is 0 Å². The highest BCUT2D eigenvalue weighted by Crippen LogP contribution is 2.31. The number of aliphatic carboxylic acids is 1. The summed E-state index contributed by atoms with van der Waals surface area (Å²) in [5.41, 5.74) is 0.774. The van der Waals surface area contributed by atoms with Crippen molar-refractivity contribution in [3.63, 3.8) is 0 Å². The molecule has 0 saturated heterocycles. The summed E-state index contributed by atoms with van der Waals surface area (Å²) in [5, 5.41) is 17.8. The standard InChI is InChI=1S/C14H16N2O4S/c15-9-11-3-1-2-4-12(11)10-21(19,20)16(13-5-6-13)8-7-14(17)18/h1-4,13H,5-8,10H2,(H,17,18). The first-order valence-electron chi connectivity index (χ1n) is 6.63. The second-order valence-corrected chi connectivity index (χ2v) is 6.93. The van der Waals surface area contributed by atoms with Crippen LogP contribution in [-0.2, 0) is 20.6 Å². The van der Waals surface area contributed by atoms with Gasteiger partial charge in [-0.3, -0.25) is 4.79 Å². The van der Waals surface area contributed by atoms with E-state index < -0.39 is 16.0 Å². The zero-order chi connectivity index (χ0) is 15.5. The number of hydrogen-bond donors (Lipinski definition) is 1. The Bertz CT molecular complexity index is 674. The molecule has 6 nitrogen and oxygen atoms in total. The maximum absolute atomic E-state index is 12.5. The molecule has 0 bridgehead atoms. The number of carbonyl (C=O) groups is 1. The van der Waals surface area contributed by atoms with Crippen LogP contribution in [0.5, 0.6) is 0 Å². The van der Waals surface area contributed by atoms with Gasteiger partial charge in [0.2, 0.25) is 10.0 Å². The minimum Gasteiger partial charge on any atom is -0.481 e. The molecule has 21 heavy (non-hydrogen) atoms. The van der Waals surface area contributed by atoms with Crippen molar-refractivity contribution < 1.29 is 18.3 Å². The predicted octanol–water partition coefficient (Wildman–Crippen LogP) is 1.33. The van der Waals surface area contributed by atoms with Crippen molar-refractivity contribution in [3.8, 4) is 6.07 Å². The fourth-order valence-corrected chi connectivity index (χ4v) is 4.00. The van der Waals surface area contributed by atoms with Crippen LogP contribution < -0.4 is 0 Å². The number of benzene rings is 1. The van der Waals surface area contributed by atoms with Crippen molar-refractivity contribution in [2.24, 2.45) is 0 Å². The second-order valence-electron chi connectivity index (χ2n) is 5.01. The Kier molecular flexibility index (Phi) is 4.60. The molecule has 1 aromatic carbocycles. The van der Waals surface area contributed by atoms with Crippen molar-refractivity contribution in [3.05, 3.63) is 35.4 Å². The Hall–Kier alpha value is -1.91. The summed E-state index contributed by atoms with van der Waals surface area (Å²) < 4.78 is 26.2. The van der Waals surface area contributed by atoms with Crippen molar-refractivity contribution in [2.45, 2.75) is 31.1 Å². The van der Waals surface area contributed by atoms with Gasteiger partial charge in [0, 0.05) is 12.6 Å². The minimum absolute atomic E-state index is 0.0168. The van der Waals surface area contributed by atoms with Gasteiger partial charge < -0.3 is 5.11 Å². The van der Waals surface area contributed by atoms with E-state index in [0.717, 1.165) is 12.8 Å². The Morgan fingerprint density at radius 2 is 2.05 bits per heavy atom. The molecule has 0 atom stereocenters. The van der Waals surface area contributed by atoms with Crippen molar-refractivity contribution in [1.82, 2.24) is 4.31 Å². The topological polar surface area (TPSA) is 98.5 Å². The number of carboxylic acids is 1. The molecule has 1 aliphatic carbocycles. The number of carboxylic acid groups (broad SMARTS) is 1. The molecule has 1 saturated carbocycles. The number of sulfonamides is 1. The third kappa shape index (κ3) is 4.03. The normalized spacial score (nSPS) is 14.9. The molecule has 0 radical (unpaired) electrons. The first-order chi connectivity index (χ1) is 9.94. The van der Waals surface area contributed by atoms with Crippen LogP contribution in [0.1, 0.15) is 30.4 Å². The Morgan fingerprint density at radius 3 is 2.62 bits per heavy atom. The zero-order valence-electron chi connectivity index (χ0n) is 11.4. The molecule has 112 valence electrons. The molecule has 0 amide bonds. The fraction of sp³-hybridized carbons (Fsp3) is 0.429. The summed E-state index contributed by atoms with van der Waals surface area (Å²) in [7, 11) is -3.62. The van der Waals surface area contributed by atoms with Crippen LogP contribution in [0, 0.1) is 11.3 Å². The van der Waals surface area contributed by atoms with Crippen LogP contribution in [0.3, 0.4) is 0 Å². The van der Waals surface area contributed by atoms with Crippen LogP contribution in [0.2, 0.25) is 0 Å². The number of nitriles is 1. The summed E-state index contributed by atoms with van der Waals surface area (Å²) in [6.45, 7) is -0.0168. The lowest BCUT2D eigenvalue weighted by atomic mass is 10.1. The molecular formula is C14H16N2O4S. The highest BCUT2D eigenvalue weighted by atomic mass is 32.2. The quantitative estimate of drug-likeness (QED) is 0.819. The van der Waals surface area contributed by atoms with Gasteiger partial charge in [0.1, 0.15) is 0 Å². The fourth-order valence-electron chi connectivity index (χ4n) is 2.15. The van der Waals surface area contributed by atoms with Gasteiger partial charge in [0.05, 0.1) is 23.8 Å². The van der Waals surface area contributed by atoms with Crippen LogP contribution in [0.25, 0.3) is 0 Å². The van der Waals surface area contributed by atoms with Crippen LogP contribution in [0.15, 0.2) is 24.3 Å².